The number of amides is 1. The Morgan fingerprint density at radius 2 is 1.71 bits per heavy atom. The topological polar surface area (TPSA) is 119 Å². The molecule has 10 heteroatoms. The molecule has 3 rings (SSSR count). The summed E-state index contributed by atoms with van der Waals surface area (Å²) in [6.07, 6.45) is 0. The average Bonchev–Trinajstić information content (AvgIpc) is 2.81. The largest absolute Gasteiger partial charge is 0.494 e. The molecule has 184 valence electrons. The Balaban J connectivity index is 2.00. The van der Waals surface area contributed by atoms with Gasteiger partial charge in [0.1, 0.15) is 12.3 Å². The number of nitrogens with one attached hydrogen (secondary N) is 1. The Morgan fingerprint density at radius 1 is 1.03 bits per heavy atom. The molecule has 1 N–H and O–H groups in total. The van der Waals surface area contributed by atoms with Crippen LogP contribution in [0.5, 0.6) is 5.75 Å². The summed E-state index contributed by atoms with van der Waals surface area (Å²) in [6.45, 7) is 6.96. The molecule has 0 fully saturated rings. The zero-order chi connectivity index (χ0) is 25.8. The predicted molar refractivity (Wildman–Crippen MR) is 135 cm³/mol. The van der Waals surface area contributed by atoms with Crippen molar-refractivity contribution in [3.8, 4) is 5.75 Å². The molecule has 0 atom stereocenters. The highest BCUT2D eigenvalue weighted by atomic mass is 32.2. The summed E-state index contributed by atoms with van der Waals surface area (Å²) < 4.78 is 33.8. The number of ether oxygens (including phenoxy) is 1. The fourth-order valence-electron chi connectivity index (χ4n) is 3.51. The molecule has 9 nitrogen and oxygen atoms in total. The van der Waals surface area contributed by atoms with Gasteiger partial charge in [-0.05, 0) is 75.2 Å². The van der Waals surface area contributed by atoms with Crippen molar-refractivity contribution < 1.29 is 22.9 Å². The Bertz CT molecular complexity index is 1350. The minimum atomic E-state index is -4.32. The van der Waals surface area contributed by atoms with E-state index in [9.17, 15) is 23.3 Å². The summed E-state index contributed by atoms with van der Waals surface area (Å²) in [6, 6.07) is 15.5. The lowest BCUT2D eigenvalue weighted by atomic mass is 10.1. The number of hydrogen-bond donors (Lipinski definition) is 1. The molecule has 0 aliphatic rings. The summed E-state index contributed by atoms with van der Waals surface area (Å²) in [4.78, 5) is 23.5. The second-order valence-corrected chi connectivity index (χ2v) is 9.80. The van der Waals surface area contributed by atoms with Crippen LogP contribution in [-0.4, -0.2) is 32.4 Å². The minimum Gasteiger partial charge on any atom is -0.494 e. The molecule has 0 aromatic heterocycles. The van der Waals surface area contributed by atoms with E-state index in [0.29, 0.717) is 34.9 Å². The monoisotopic (exact) mass is 497 g/mol. The van der Waals surface area contributed by atoms with Crippen molar-refractivity contribution in [1.29, 1.82) is 0 Å². The van der Waals surface area contributed by atoms with E-state index in [1.807, 2.05) is 19.9 Å². The Kier molecular flexibility index (Phi) is 7.75. The third kappa shape index (κ3) is 5.78. The first-order valence-electron chi connectivity index (χ1n) is 10.9. The van der Waals surface area contributed by atoms with Gasteiger partial charge in [-0.2, -0.15) is 0 Å². The van der Waals surface area contributed by atoms with E-state index < -0.39 is 27.4 Å². The Hall–Kier alpha value is -3.92. The van der Waals surface area contributed by atoms with Crippen molar-refractivity contribution >= 4 is 33.0 Å². The smallest absolute Gasteiger partial charge is 0.273 e. The molecule has 0 spiro atoms. The van der Waals surface area contributed by atoms with Gasteiger partial charge in [0.25, 0.3) is 15.7 Å². The summed E-state index contributed by atoms with van der Waals surface area (Å²) in [5, 5.41) is 14.1. The molecular weight excluding hydrogens is 470 g/mol. The highest BCUT2D eigenvalue weighted by Crippen LogP contribution is 2.31. The van der Waals surface area contributed by atoms with Gasteiger partial charge in [0.05, 0.1) is 22.1 Å². The second-order valence-electron chi connectivity index (χ2n) is 7.94. The Labute approximate surface area is 204 Å². The van der Waals surface area contributed by atoms with Crippen molar-refractivity contribution in [1.82, 2.24) is 0 Å². The maximum atomic E-state index is 13.7. The van der Waals surface area contributed by atoms with E-state index in [2.05, 4.69) is 5.32 Å². The molecule has 0 aliphatic heterocycles. The number of rotatable bonds is 9. The van der Waals surface area contributed by atoms with Crippen molar-refractivity contribution in [2.75, 3.05) is 22.8 Å². The third-order valence-corrected chi connectivity index (χ3v) is 7.30. The van der Waals surface area contributed by atoms with Crippen LogP contribution in [-0.2, 0) is 14.8 Å². The van der Waals surface area contributed by atoms with Crippen molar-refractivity contribution in [3.63, 3.8) is 0 Å². The molecule has 0 unspecified atom stereocenters. The summed E-state index contributed by atoms with van der Waals surface area (Å²) in [5.74, 6) is 0.0753. The highest BCUT2D eigenvalue weighted by Gasteiger charge is 2.30. The lowest BCUT2D eigenvalue weighted by Crippen LogP contribution is -2.38. The van der Waals surface area contributed by atoms with Gasteiger partial charge in [-0.15, -0.1) is 0 Å². The van der Waals surface area contributed by atoms with Gasteiger partial charge < -0.3 is 10.1 Å². The molecule has 3 aromatic carbocycles. The van der Waals surface area contributed by atoms with E-state index in [1.54, 1.807) is 43.3 Å². The fourth-order valence-corrected chi connectivity index (χ4v) is 5.01. The van der Waals surface area contributed by atoms with Gasteiger partial charge in [-0.1, -0.05) is 18.2 Å². The number of benzene rings is 3. The number of nitrogens with zero attached hydrogens (tertiary/aromatic N) is 2. The molecule has 0 heterocycles. The number of carbonyl (C=O) groups excluding carboxylic acids is 1. The van der Waals surface area contributed by atoms with Crippen LogP contribution in [0.3, 0.4) is 0 Å². The van der Waals surface area contributed by atoms with Gasteiger partial charge in [0, 0.05) is 17.3 Å². The van der Waals surface area contributed by atoms with E-state index in [1.165, 1.54) is 19.1 Å². The van der Waals surface area contributed by atoms with Crippen LogP contribution < -0.4 is 14.4 Å². The van der Waals surface area contributed by atoms with Crippen LogP contribution in [0.2, 0.25) is 0 Å². The molecule has 0 bridgehead atoms. The molecule has 0 radical (unpaired) electrons. The van der Waals surface area contributed by atoms with Crippen LogP contribution in [0.25, 0.3) is 0 Å². The van der Waals surface area contributed by atoms with E-state index in [-0.39, 0.29) is 10.6 Å². The first-order chi connectivity index (χ1) is 16.5. The lowest BCUT2D eigenvalue weighted by molar-refractivity contribution is -0.385. The van der Waals surface area contributed by atoms with E-state index in [4.69, 9.17) is 4.74 Å². The Morgan fingerprint density at radius 3 is 2.34 bits per heavy atom. The maximum Gasteiger partial charge on any atom is 0.273 e. The SMILES string of the molecule is CCOc1ccc(NC(=O)CN(c2cccc(C)c2C)S(=O)(=O)c2ccc(C)c([N+](=O)[O-])c2)cc1. The first-order valence-corrected chi connectivity index (χ1v) is 12.3. The molecule has 0 aliphatic carbocycles. The molecule has 0 saturated carbocycles. The molecule has 1 amide bonds. The van der Waals surface area contributed by atoms with E-state index >= 15 is 0 Å². The van der Waals surface area contributed by atoms with Gasteiger partial charge >= 0.3 is 0 Å². The van der Waals surface area contributed by atoms with Gasteiger partial charge in [-0.3, -0.25) is 19.2 Å². The summed E-state index contributed by atoms with van der Waals surface area (Å²) in [5.41, 5.74) is 2.32. The second kappa shape index (κ2) is 10.6. The van der Waals surface area contributed by atoms with Gasteiger partial charge in [0.2, 0.25) is 5.91 Å². The van der Waals surface area contributed by atoms with Crippen molar-refractivity contribution in [2.45, 2.75) is 32.6 Å². The van der Waals surface area contributed by atoms with Crippen molar-refractivity contribution in [2.24, 2.45) is 0 Å². The maximum absolute atomic E-state index is 13.7. The third-order valence-electron chi connectivity index (χ3n) is 5.55. The van der Waals surface area contributed by atoms with Crippen LogP contribution >= 0.6 is 0 Å². The van der Waals surface area contributed by atoms with Gasteiger partial charge in [0.15, 0.2) is 0 Å². The molecular formula is C25H27N3O6S. The van der Waals surface area contributed by atoms with E-state index in [0.717, 1.165) is 15.9 Å². The number of aryl methyl sites for hydroxylation is 2. The fraction of sp³-hybridized carbons (Fsp3) is 0.240. The summed E-state index contributed by atoms with van der Waals surface area (Å²) >= 11 is 0. The molecule has 35 heavy (non-hydrogen) atoms. The number of nitro benzene ring substituents is 1. The summed E-state index contributed by atoms with van der Waals surface area (Å²) in [7, 11) is -4.32. The first kappa shape index (κ1) is 25.7. The number of sulfonamides is 1. The number of nitro groups is 1. The standard InChI is InChI=1S/C25H27N3O6S/c1-5-34-21-12-10-20(11-13-21)26-25(29)16-27(23-8-6-7-17(2)19(23)4)35(32,33)22-14-9-18(3)24(15-22)28(30)31/h6-15H,5,16H2,1-4H3,(H,26,29). The quantitative estimate of drug-likeness (QED) is 0.337. The molecule has 0 saturated heterocycles. The van der Waals surface area contributed by atoms with Crippen LogP contribution in [0.1, 0.15) is 23.6 Å². The zero-order valence-corrected chi connectivity index (χ0v) is 20.8. The highest BCUT2D eigenvalue weighted by molar-refractivity contribution is 7.92. The minimum absolute atomic E-state index is 0.274. The number of hydrogen-bond acceptors (Lipinski definition) is 6. The average molecular weight is 498 g/mol. The van der Waals surface area contributed by atoms with Gasteiger partial charge in [-0.25, -0.2) is 8.42 Å². The lowest BCUT2D eigenvalue weighted by Gasteiger charge is -2.26. The number of anilines is 2. The normalized spacial score (nSPS) is 11.1. The van der Waals surface area contributed by atoms with Crippen LogP contribution in [0, 0.1) is 30.9 Å². The van der Waals surface area contributed by atoms with Crippen LogP contribution in [0.15, 0.2) is 65.6 Å². The zero-order valence-electron chi connectivity index (χ0n) is 19.9. The van der Waals surface area contributed by atoms with Crippen molar-refractivity contribution in [3.05, 3.63) is 87.5 Å². The molecule has 3 aromatic rings. The van der Waals surface area contributed by atoms with Crippen LogP contribution in [0.4, 0.5) is 17.1 Å². The predicted octanol–water partition coefficient (Wildman–Crippen LogP) is 4.75. The number of carbonyl (C=O) groups is 1.